The second kappa shape index (κ2) is 6.77. The summed E-state index contributed by atoms with van der Waals surface area (Å²) in [6.45, 7) is 0.578. The third-order valence-electron chi connectivity index (χ3n) is 3.56. The standard InChI is InChI=1S/C14H21NO2S2/c1-18-11-13-7-4-8-14(9-13)19(16,17)15-10-12-5-2-3-6-12/h4,7-9,12,15H,2-3,5-6,10-11H2,1H3. The molecule has 0 unspecified atom stereocenters. The molecule has 1 aliphatic carbocycles. The Labute approximate surface area is 120 Å². The van der Waals surface area contributed by atoms with Crippen molar-refractivity contribution >= 4 is 21.8 Å². The number of benzene rings is 1. The normalized spacial score (nSPS) is 16.9. The molecule has 1 saturated carbocycles. The van der Waals surface area contributed by atoms with E-state index in [2.05, 4.69) is 4.72 Å². The van der Waals surface area contributed by atoms with Crippen LogP contribution in [-0.4, -0.2) is 21.2 Å². The second-order valence-corrected chi connectivity index (χ2v) is 7.72. The van der Waals surface area contributed by atoms with Gasteiger partial charge in [0.15, 0.2) is 0 Å². The summed E-state index contributed by atoms with van der Waals surface area (Å²) in [4.78, 5) is 0.386. The van der Waals surface area contributed by atoms with Gasteiger partial charge >= 0.3 is 0 Å². The molecular formula is C14H21NO2S2. The fourth-order valence-electron chi connectivity index (χ4n) is 2.49. The Morgan fingerprint density at radius 1 is 1.32 bits per heavy atom. The van der Waals surface area contributed by atoms with Crippen molar-refractivity contribution in [1.82, 2.24) is 4.72 Å². The van der Waals surface area contributed by atoms with Gasteiger partial charge in [0.2, 0.25) is 10.0 Å². The van der Waals surface area contributed by atoms with Crippen LogP contribution in [0.2, 0.25) is 0 Å². The molecule has 0 saturated heterocycles. The molecule has 2 rings (SSSR count). The van der Waals surface area contributed by atoms with Crippen LogP contribution in [-0.2, 0) is 15.8 Å². The number of hydrogen-bond donors (Lipinski definition) is 1. The van der Waals surface area contributed by atoms with Gasteiger partial charge in [-0.25, -0.2) is 13.1 Å². The topological polar surface area (TPSA) is 46.2 Å². The number of nitrogens with one attached hydrogen (secondary N) is 1. The zero-order chi connectivity index (χ0) is 13.7. The lowest BCUT2D eigenvalue weighted by Gasteiger charge is -2.12. The summed E-state index contributed by atoms with van der Waals surface area (Å²) < 4.78 is 27.2. The van der Waals surface area contributed by atoms with Crippen LogP contribution in [0.4, 0.5) is 0 Å². The summed E-state index contributed by atoms with van der Waals surface area (Å²) in [5.74, 6) is 1.36. The highest BCUT2D eigenvalue weighted by Crippen LogP contribution is 2.24. The predicted molar refractivity (Wildman–Crippen MR) is 80.8 cm³/mol. The molecule has 0 radical (unpaired) electrons. The zero-order valence-corrected chi connectivity index (χ0v) is 12.9. The predicted octanol–water partition coefficient (Wildman–Crippen LogP) is 3.02. The number of hydrogen-bond acceptors (Lipinski definition) is 3. The lowest BCUT2D eigenvalue weighted by Crippen LogP contribution is -2.28. The van der Waals surface area contributed by atoms with Crippen molar-refractivity contribution in [3.8, 4) is 0 Å². The first-order valence-corrected chi connectivity index (χ1v) is 9.57. The minimum Gasteiger partial charge on any atom is -0.211 e. The van der Waals surface area contributed by atoms with Crippen LogP contribution in [0.3, 0.4) is 0 Å². The van der Waals surface area contributed by atoms with Gasteiger partial charge in [-0.05, 0) is 42.7 Å². The van der Waals surface area contributed by atoms with E-state index in [1.54, 1.807) is 23.9 Å². The van der Waals surface area contributed by atoms with Gasteiger partial charge in [0.05, 0.1) is 4.90 Å². The van der Waals surface area contributed by atoms with Crippen LogP contribution < -0.4 is 4.72 Å². The molecule has 0 spiro atoms. The molecule has 0 aliphatic heterocycles. The monoisotopic (exact) mass is 299 g/mol. The first-order valence-electron chi connectivity index (χ1n) is 6.69. The van der Waals surface area contributed by atoms with Crippen molar-refractivity contribution in [3.05, 3.63) is 29.8 Å². The molecule has 5 heteroatoms. The van der Waals surface area contributed by atoms with Crippen LogP contribution in [0.15, 0.2) is 29.2 Å². The van der Waals surface area contributed by atoms with Gasteiger partial charge in [-0.1, -0.05) is 25.0 Å². The fourth-order valence-corrected chi connectivity index (χ4v) is 4.19. The lowest BCUT2D eigenvalue weighted by atomic mass is 10.1. The van der Waals surface area contributed by atoms with Crippen molar-refractivity contribution in [2.24, 2.45) is 5.92 Å². The van der Waals surface area contributed by atoms with Crippen LogP contribution in [0.5, 0.6) is 0 Å². The minimum atomic E-state index is -3.35. The molecule has 0 aromatic heterocycles. The molecule has 1 N–H and O–H groups in total. The van der Waals surface area contributed by atoms with Crippen LogP contribution in [0.1, 0.15) is 31.2 Å². The van der Waals surface area contributed by atoms with Gasteiger partial charge in [0.1, 0.15) is 0 Å². The van der Waals surface area contributed by atoms with Crippen molar-refractivity contribution in [2.75, 3.05) is 12.8 Å². The summed E-state index contributed by atoms with van der Waals surface area (Å²) in [6, 6.07) is 7.22. The van der Waals surface area contributed by atoms with Gasteiger partial charge in [0, 0.05) is 12.3 Å². The Kier molecular flexibility index (Phi) is 5.30. The Morgan fingerprint density at radius 3 is 2.74 bits per heavy atom. The highest BCUT2D eigenvalue weighted by atomic mass is 32.2. The van der Waals surface area contributed by atoms with E-state index in [1.807, 2.05) is 18.4 Å². The van der Waals surface area contributed by atoms with Gasteiger partial charge in [-0.3, -0.25) is 0 Å². The molecule has 1 aliphatic rings. The fraction of sp³-hybridized carbons (Fsp3) is 0.571. The maximum absolute atomic E-state index is 12.2. The van der Waals surface area contributed by atoms with Crippen molar-refractivity contribution in [1.29, 1.82) is 0 Å². The van der Waals surface area contributed by atoms with E-state index in [4.69, 9.17) is 0 Å². The van der Waals surface area contributed by atoms with E-state index in [-0.39, 0.29) is 0 Å². The second-order valence-electron chi connectivity index (χ2n) is 5.08. The molecule has 19 heavy (non-hydrogen) atoms. The average molecular weight is 299 g/mol. The maximum atomic E-state index is 12.2. The summed E-state index contributed by atoms with van der Waals surface area (Å²) in [5, 5.41) is 0. The third kappa shape index (κ3) is 4.23. The molecular weight excluding hydrogens is 278 g/mol. The molecule has 0 atom stereocenters. The van der Waals surface area contributed by atoms with E-state index >= 15 is 0 Å². The maximum Gasteiger partial charge on any atom is 0.240 e. The average Bonchev–Trinajstić information content (AvgIpc) is 2.90. The number of sulfonamides is 1. The van der Waals surface area contributed by atoms with Crippen molar-refractivity contribution in [3.63, 3.8) is 0 Å². The SMILES string of the molecule is CSCc1cccc(S(=O)(=O)NCC2CCCC2)c1. The largest absolute Gasteiger partial charge is 0.240 e. The van der Waals surface area contributed by atoms with Crippen molar-refractivity contribution in [2.45, 2.75) is 36.3 Å². The lowest BCUT2D eigenvalue weighted by molar-refractivity contribution is 0.519. The van der Waals surface area contributed by atoms with Crippen molar-refractivity contribution < 1.29 is 8.42 Å². The summed E-state index contributed by atoms with van der Waals surface area (Å²) in [6.07, 6.45) is 6.77. The third-order valence-corrected chi connectivity index (χ3v) is 5.60. The Bertz CT molecular complexity index is 508. The van der Waals surface area contributed by atoms with Gasteiger partial charge in [-0.15, -0.1) is 0 Å². The Hall–Kier alpha value is -0.520. The molecule has 0 heterocycles. The molecule has 1 aromatic rings. The molecule has 106 valence electrons. The zero-order valence-electron chi connectivity index (χ0n) is 11.3. The highest BCUT2D eigenvalue weighted by Gasteiger charge is 2.19. The van der Waals surface area contributed by atoms with E-state index in [1.165, 1.54) is 12.8 Å². The van der Waals surface area contributed by atoms with Crippen LogP contribution >= 0.6 is 11.8 Å². The summed E-state index contributed by atoms with van der Waals surface area (Å²) in [7, 11) is -3.35. The quantitative estimate of drug-likeness (QED) is 0.878. The Balaban J connectivity index is 2.03. The molecule has 0 amide bonds. The molecule has 1 aromatic carbocycles. The van der Waals surface area contributed by atoms with E-state index in [0.717, 1.165) is 24.2 Å². The number of thioether (sulfide) groups is 1. The first-order chi connectivity index (χ1) is 9.12. The van der Waals surface area contributed by atoms with E-state index in [9.17, 15) is 8.42 Å². The van der Waals surface area contributed by atoms with Gasteiger partial charge in [-0.2, -0.15) is 11.8 Å². The Morgan fingerprint density at radius 2 is 2.05 bits per heavy atom. The molecule has 1 fully saturated rings. The smallest absolute Gasteiger partial charge is 0.211 e. The highest BCUT2D eigenvalue weighted by molar-refractivity contribution is 7.97. The molecule has 3 nitrogen and oxygen atoms in total. The molecule has 0 bridgehead atoms. The van der Waals surface area contributed by atoms with Crippen LogP contribution in [0, 0.1) is 5.92 Å². The van der Waals surface area contributed by atoms with E-state index in [0.29, 0.717) is 17.4 Å². The summed E-state index contributed by atoms with van der Waals surface area (Å²) >= 11 is 1.69. The number of rotatable bonds is 6. The van der Waals surface area contributed by atoms with Crippen LogP contribution in [0.25, 0.3) is 0 Å². The first kappa shape index (κ1) is 14.9. The van der Waals surface area contributed by atoms with Gasteiger partial charge < -0.3 is 0 Å². The summed E-state index contributed by atoms with van der Waals surface area (Å²) in [5.41, 5.74) is 1.05. The minimum absolute atomic E-state index is 0.386. The van der Waals surface area contributed by atoms with E-state index < -0.39 is 10.0 Å². The van der Waals surface area contributed by atoms with Gasteiger partial charge in [0.25, 0.3) is 0 Å².